The van der Waals surface area contributed by atoms with Gasteiger partial charge in [0.1, 0.15) is 5.75 Å². The monoisotopic (exact) mass is 234 g/mol. The van der Waals surface area contributed by atoms with E-state index in [1.54, 1.807) is 0 Å². The van der Waals surface area contributed by atoms with Crippen molar-refractivity contribution in [1.82, 2.24) is 10.4 Å². The zero-order valence-electron chi connectivity index (χ0n) is 9.89. The molecular weight excluding hydrogens is 216 g/mol. The van der Waals surface area contributed by atoms with Gasteiger partial charge in [-0.2, -0.15) is 0 Å². The maximum absolute atomic E-state index is 5.67. The molecule has 4 heteroatoms. The number of ether oxygens (including phenoxy) is 2. The predicted molar refractivity (Wildman–Crippen MR) is 65.1 cm³/mol. The summed E-state index contributed by atoms with van der Waals surface area (Å²) in [6, 6.07) is 8.31. The van der Waals surface area contributed by atoms with E-state index in [2.05, 4.69) is 22.6 Å². The minimum atomic E-state index is 0.467. The lowest BCUT2D eigenvalue weighted by molar-refractivity contribution is 0.0107. The molecule has 1 N–H and O–H groups in total. The summed E-state index contributed by atoms with van der Waals surface area (Å²) in [4.78, 5) is 0. The van der Waals surface area contributed by atoms with Gasteiger partial charge in [-0.3, -0.25) is 5.43 Å². The quantitative estimate of drug-likeness (QED) is 0.846. The summed E-state index contributed by atoms with van der Waals surface area (Å²) in [5.74, 6) is 1.51. The lowest BCUT2D eigenvalue weighted by Gasteiger charge is -2.28. The van der Waals surface area contributed by atoms with Crippen molar-refractivity contribution in [3.63, 3.8) is 0 Å². The van der Waals surface area contributed by atoms with Crippen LogP contribution in [0.1, 0.15) is 11.5 Å². The highest BCUT2D eigenvalue weighted by molar-refractivity contribution is 5.39. The van der Waals surface area contributed by atoms with E-state index in [1.807, 2.05) is 12.1 Å². The molecule has 0 aliphatic carbocycles. The van der Waals surface area contributed by atoms with Gasteiger partial charge >= 0.3 is 0 Å². The number of hydrogen-bond acceptors (Lipinski definition) is 4. The zero-order valence-corrected chi connectivity index (χ0v) is 9.89. The molecule has 3 rings (SSSR count). The molecule has 17 heavy (non-hydrogen) atoms. The van der Waals surface area contributed by atoms with Gasteiger partial charge in [0.05, 0.1) is 19.8 Å². The van der Waals surface area contributed by atoms with Crippen molar-refractivity contribution in [2.45, 2.75) is 5.92 Å². The second-order valence-electron chi connectivity index (χ2n) is 4.51. The molecule has 0 bridgehead atoms. The van der Waals surface area contributed by atoms with Crippen molar-refractivity contribution in [3.05, 3.63) is 29.8 Å². The molecule has 0 saturated carbocycles. The van der Waals surface area contributed by atoms with Gasteiger partial charge < -0.3 is 9.47 Å². The van der Waals surface area contributed by atoms with Crippen LogP contribution in [-0.2, 0) is 4.74 Å². The SMILES string of the molecule is c1ccc2c(c1)OCC2CNN1CCOCC1. The number of morpholine rings is 1. The van der Waals surface area contributed by atoms with E-state index >= 15 is 0 Å². The highest BCUT2D eigenvalue weighted by Crippen LogP contribution is 2.32. The van der Waals surface area contributed by atoms with Crippen LogP contribution in [0, 0.1) is 0 Å². The van der Waals surface area contributed by atoms with E-state index in [-0.39, 0.29) is 0 Å². The lowest BCUT2D eigenvalue weighted by Crippen LogP contribution is -2.47. The normalized spacial score (nSPS) is 24.4. The predicted octanol–water partition coefficient (Wildman–Crippen LogP) is 0.999. The van der Waals surface area contributed by atoms with Crippen molar-refractivity contribution in [2.24, 2.45) is 0 Å². The van der Waals surface area contributed by atoms with Gasteiger partial charge in [-0.15, -0.1) is 0 Å². The largest absolute Gasteiger partial charge is 0.493 e. The number of benzene rings is 1. The Hall–Kier alpha value is -1.10. The molecule has 2 aliphatic heterocycles. The molecule has 1 atom stereocenters. The van der Waals surface area contributed by atoms with Gasteiger partial charge in [0.25, 0.3) is 0 Å². The summed E-state index contributed by atoms with van der Waals surface area (Å²) in [7, 11) is 0. The van der Waals surface area contributed by atoms with Crippen LogP contribution in [0.3, 0.4) is 0 Å². The van der Waals surface area contributed by atoms with E-state index in [4.69, 9.17) is 9.47 Å². The fraction of sp³-hybridized carbons (Fsp3) is 0.538. The van der Waals surface area contributed by atoms with Gasteiger partial charge in [-0.25, -0.2) is 5.01 Å². The Kier molecular flexibility index (Phi) is 3.27. The molecule has 0 radical (unpaired) electrons. The second-order valence-corrected chi connectivity index (χ2v) is 4.51. The number of para-hydroxylation sites is 1. The maximum Gasteiger partial charge on any atom is 0.122 e. The Labute approximate surface area is 101 Å². The van der Waals surface area contributed by atoms with Crippen LogP contribution >= 0.6 is 0 Å². The van der Waals surface area contributed by atoms with Crippen LogP contribution in [0.4, 0.5) is 0 Å². The summed E-state index contributed by atoms with van der Waals surface area (Å²) in [6.45, 7) is 5.31. The minimum Gasteiger partial charge on any atom is -0.493 e. The van der Waals surface area contributed by atoms with Crippen LogP contribution in [0.15, 0.2) is 24.3 Å². The third-order valence-corrected chi connectivity index (χ3v) is 3.37. The maximum atomic E-state index is 5.67. The number of nitrogens with one attached hydrogen (secondary N) is 1. The van der Waals surface area contributed by atoms with Crippen molar-refractivity contribution in [3.8, 4) is 5.75 Å². The summed E-state index contributed by atoms with van der Waals surface area (Å²) in [5, 5.41) is 2.24. The first-order valence-electron chi connectivity index (χ1n) is 6.21. The first-order chi connectivity index (χ1) is 8.43. The summed E-state index contributed by atoms with van der Waals surface area (Å²) in [5.41, 5.74) is 4.80. The van der Waals surface area contributed by atoms with Crippen molar-refractivity contribution in [1.29, 1.82) is 0 Å². The zero-order chi connectivity index (χ0) is 11.5. The minimum absolute atomic E-state index is 0.467. The second kappa shape index (κ2) is 5.04. The van der Waals surface area contributed by atoms with E-state index in [9.17, 15) is 0 Å². The third kappa shape index (κ3) is 2.44. The van der Waals surface area contributed by atoms with Crippen LogP contribution in [0.2, 0.25) is 0 Å². The van der Waals surface area contributed by atoms with Gasteiger partial charge in [-0.05, 0) is 6.07 Å². The molecule has 1 aromatic rings. The molecular formula is C13H18N2O2. The molecule has 1 fully saturated rings. The lowest BCUT2D eigenvalue weighted by atomic mass is 10.0. The van der Waals surface area contributed by atoms with Gasteiger partial charge in [0.2, 0.25) is 0 Å². The molecule has 92 valence electrons. The Bertz CT molecular complexity index is 377. The van der Waals surface area contributed by atoms with Crippen molar-refractivity contribution >= 4 is 0 Å². The van der Waals surface area contributed by atoms with E-state index in [0.717, 1.165) is 45.2 Å². The van der Waals surface area contributed by atoms with Crippen LogP contribution in [0.5, 0.6) is 5.75 Å². The van der Waals surface area contributed by atoms with Crippen LogP contribution < -0.4 is 10.2 Å². The molecule has 2 heterocycles. The Balaban J connectivity index is 1.56. The van der Waals surface area contributed by atoms with Gasteiger partial charge in [0, 0.05) is 31.1 Å². The highest BCUT2D eigenvalue weighted by Gasteiger charge is 2.24. The Morgan fingerprint density at radius 1 is 1.24 bits per heavy atom. The Morgan fingerprint density at radius 3 is 2.94 bits per heavy atom. The summed E-state index contributed by atoms with van der Waals surface area (Å²) in [6.07, 6.45) is 0. The molecule has 0 aromatic heterocycles. The van der Waals surface area contributed by atoms with Crippen LogP contribution in [-0.4, -0.2) is 44.5 Å². The van der Waals surface area contributed by atoms with Crippen molar-refractivity contribution < 1.29 is 9.47 Å². The third-order valence-electron chi connectivity index (χ3n) is 3.37. The first-order valence-corrected chi connectivity index (χ1v) is 6.21. The molecule has 1 aromatic carbocycles. The molecule has 2 aliphatic rings. The first kappa shape index (κ1) is 11.0. The number of hydrazine groups is 1. The number of hydrogen-bond donors (Lipinski definition) is 1. The summed E-state index contributed by atoms with van der Waals surface area (Å²) < 4.78 is 11.0. The van der Waals surface area contributed by atoms with Crippen molar-refractivity contribution in [2.75, 3.05) is 39.5 Å². The smallest absolute Gasteiger partial charge is 0.122 e. The molecule has 4 nitrogen and oxygen atoms in total. The average Bonchev–Trinajstić information content (AvgIpc) is 2.81. The average molecular weight is 234 g/mol. The van der Waals surface area contributed by atoms with Gasteiger partial charge in [-0.1, -0.05) is 18.2 Å². The molecule has 1 saturated heterocycles. The fourth-order valence-electron chi connectivity index (χ4n) is 2.36. The molecule has 1 unspecified atom stereocenters. The standard InChI is InChI=1S/C13H18N2O2/c1-2-4-13-12(3-1)11(10-17-13)9-14-15-5-7-16-8-6-15/h1-4,11,14H,5-10H2. The number of nitrogens with zero attached hydrogens (tertiary/aromatic N) is 1. The van der Waals surface area contributed by atoms with Crippen LogP contribution in [0.25, 0.3) is 0 Å². The topological polar surface area (TPSA) is 33.7 Å². The fourth-order valence-corrected chi connectivity index (χ4v) is 2.36. The van der Waals surface area contributed by atoms with Gasteiger partial charge in [0.15, 0.2) is 0 Å². The van der Waals surface area contributed by atoms with E-state index in [0.29, 0.717) is 5.92 Å². The molecule has 0 spiro atoms. The Morgan fingerprint density at radius 2 is 2.06 bits per heavy atom. The number of fused-ring (bicyclic) bond motifs is 1. The molecule has 0 amide bonds. The van der Waals surface area contributed by atoms with E-state index in [1.165, 1.54) is 5.56 Å². The van der Waals surface area contributed by atoms with E-state index < -0.39 is 0 Å². The number of rotatable bonds is 3. The highest BCUT2D eigenvalue weighted by atomic mass is 16.5. The summed E-state index contributed by atoms with van der Waals surface area (Å²) >= 11 is 0.